The van der Waals surface area contributed by atoms with Crippen LogP contribution in [0.1, 0.15) is 46.5 Å². The van der Waals surface area contributed by atoms with Crippen molar-refractivity contribution in [1.82, 2.24) is 0 Å². The molecule has 1 N–H and O–H groups in total. The number of aliphatic hydroxyl groups is 1. The summed E-state index contributed by atoms with van der Waals surface area (Å²) >= 11 is 0. The van der Waals surface area contributed by atoms with Crippen molar-refractivity contribution >= 4 is 5.78 Å². The molecule has 2 atom stereocenters. The van der Waals surface area contributed by atoms with Crippen molar-refractivity contribution < 1.29 is 9.90 Å². The zero-order chi connectivity index (χ0) is 13.3. The van der Waals surface area contributed by atoms with Crippen LogP contribution in [0.2, 0.25) is 0 Å². The van der Waals surface area contributed by atoms with Crippen LogP contribution in [0.25, 0.3) is 0 Å². The molecule has 2 nitrogen and oxygen atoms in total. The Balaban J connectivity index is 2.48. The van der Waals surface area contributed by atoms with Crippen LogP contribution in [0.5, 0.6) is 0 Å². The van der Waals surface area contributed by atoms with Crippen LogP contribution in [0, 0.1) is 5.41 Å². The van der Waals surface area contributed by atoms with Crippen LogP contribution in [0.4, 0.5) is 0 Å². The maximum atomic E-state index is 12.3. The van der Waals surface area contributed by atoms with E-state index in [1.165, 1.54) is 5.57 Å². The Labute approximate surface area is 109 Å². The second kappa shape index (κ2) is 4.85. The van der Waals surface area contributed by atoms with Crippen molar-refractivity contribution in [2.45, 2.75) is 52.6 Å². The monoisotopic (exact) mass is 246 g/mol. The molecule has 0 aromatic heterocycles. The molecule has 0 aromatic carbocycles. The molecule has 2 heteroatoms. The third kappa shape index (κ3) is 1.99. The molecule has 1 fully saturated rings. The molecule has 0 spiro atoms. The Morgan fingerprint density at radius 3 is 2.83 bits per heavy atom. The van der Waals surface area contributed by atoms with Gasteiger partial charge in [0.05, 0.1) is 6.10 Å². The van der Waals surface area contributed by atoms with Crippen molar-refractivity contribution in [3.05, 3.63) is 34.9 Å². The smallest absolute Gasteiger partial charge is 0.184 e. The zero-order valence-corrected chi connectivity index (χ0v) is 11.5. The lowest BCUT2D eigenvalue weighted by atomic mass is 9.61. The van der Waals surface area contributed by atoms with Gasteiger partial charge in [-0.3, -0.25) is 4.79 Å². The van der Waals surface area contributed by atoms with Gasteiger partial charge in [0.25, 0.3) is 0 Å². The van der Waals surface area contributed by atoms with E-state index >= 15 is 0 Å². The van der Waals surface area contributed by atoms with Gasteiger partial charge >= 0.3 is 0 Å². The lowest BCUT2D eigenvalue weighted by molar-refractivity contribution is -0.113. The topological polar surface area (TPSA) is 37.3 Å². The van der Waals surface area contributed by atoms with Crippen molar-refractivity contribution in [3.63, 3.8) is 0 Å². The summed E-state index contributed by atoms with van der Waals surface area (Å²) in [6, 6.07) is 0. The number of carbonyl (C=O) groups is 1. The van der Waals surface area contributed by atoms with Crippen LogP contribution in [0.3, 0.4) is 0 Å². The minimum absolute atomic E-state index is 0.162. The highest BCUT2D eigenvalue weighted by molar-refractivity contribution is 6.09. The molecule has 0 amide bonds. The molecular weight excluding hydrogens is 224 g/mol. The van der Waals surface area contributed by atoms with E-state index in [1.54, 1.807) is 0 Å². The molecule has 2 aliphatic rings. The molecule has 0 radical (unpaired) electrons. The van der Waals surface area contributed by atoms with Crippen molar-refractivity contribution in [2.24, 2.45) is 5.41 Å². The van der Waals surface area contributed by atoms with Crippen LogP contribution >= 0.6 is 0 Å². The number of rotatable bonds is 1. The highest BCUT2D eigenvalue weighted by atomic mass is 16.3. The summed E-state index contributed by atoms with van der Waals surface area (Å²) in [5, 5.41) is 10.3. The second-order valence-corrected chi connectivity index (χ2v) is 5.65. The maximum absolute atomic E-state index is 12.3. The fourth-order valence-electron chi connectivity index (χ4n) is 3.32. The van der Waals surface area contributed by atoms with Gasteiger partial charge in [0, 0.05) is 11.0 Å². The predicted molar refractivity (Wildman–Crippen MR) is 73.2 cm³/mol. The Morgan fingerprint density at radius 2 is 2.17 bits per heavy atom. The number of hydrogen-bond donors (Lipinski definition) is 1. The SMILES string of the molecule is C/C=C/C=C1\C[C@@]2(C)C(=C(C)C1=O)CCC[C@@H]2O. The van der Waals surface area contributed by atoms with Crippen LogP contribution < -0.4 is 0 Å². The summed E-state index contributed by atoms with van der Waals surface area (Å²) in [5.74, 6) is 0.162. The van der Waals surface area contributed by atoms with Crippen LogP contribution in [-0.2, 0) is 4.79 Å². The van der Waals surface area contributed by atoms with E-state index in [9.17, 15) is 9.90 Å². The number of ketones is 1. The van der Waals surface area contributed by atoms with Gasteiger partial charge in [-0.15, -0.1) is 0 Å². The molecule has 0 bridgehead atoms. The molecule has 98 valence electrons. The Hall–Kier alpha value is -1.15. The number of Topliss-reactive ketones (excluding diaryl/α,β-unsaturated/α-hetero) is 1. The van der Waals surface area contributed by atoms with Gasteiger partial charge in [0.15, 0.2) is 5.78 Å². The van der Waals surface area contributed by atoms with E-state index < -0.39 is 0 Å². The Bertz CT molecular complexity index is 454. The normalized spacial score (nSPS) is 35.4. The highest BCUT2D eigenvalue weighted by Crippen LogP contribution is 2.50. The molecule has 1 saturated carbocycles. The summed E-state index contributed by atoms with van der Waals surface area (Å²) in [7, 11) is 0. The first-order valence-electron chi connectivity index (χ1n) is 6.75. The highest BCUT2D eigenvalue weighted by Gasteiger charge is 2.45. The summed E-state index contributed by atoms with van der Waals surface area (Å²) < 4.78 is 0. The quantitative estimate of drug-likeness (QED) is 0.721. The summed E-state index contributed by atoms with van der Waals surface area (Å²) in [4.78, 5) is 12.3. The molecule has 18 heavy (non-hydrogen) atoms. The van der Waals surface area contributed by atoms with Crippen molar-refractivity contribution in [3.8, 4) is 0 Å². The average Bonchev–Trinajstić information content (AvgIpc) is 2.35. The molecule has 0 aliphatic heterocycles. The van der Waals surface area contributed by atoms with E-state index in [0.29, 0.717) is 6.42 Å². The fourth-order valence-corrected chi connectivity index (χ4v) is 3.32. The molecular formula is C16H22O2. The number of allylic oxidation sites excluding steroid dienone is 5. The molecule has 0 saturated heterocycles. The van der Waals surface area contributed by atoms with Gasteiger partial charge in [-0.2, -0.15) is 0 Å². The third-order valence-corrected chi connectivity index (χ3v) is 4.46. The van der Waals surface area contributed by atoms with E-state index in [-0.39, 0.29) is 17.3 Å². The summed E-state index contributed by atoms with van der Waals surface area (Å²) in [5.41, 5.74) is 2.64. The molecule has 0 aromatic rings. The van der Waals surface area contributed by atoms with E-state index in [1.807, 2.05) is 32.1 Å². The number of fused-ring (bicyclic) bond motifs is 1. The number of carbonyl (C=O) groups excluding carboxylic acids is 1. The first-order chi connectivity index (χ1) is 8.50. The van der Waals surface area contributed by atoms with Gasteiger partial charge in [0.2, 0.25) is 0 Å². The minimum atomic E-state index is -0.321. The van der Waals surface area contributed by atoms with Crippen molar-refractivity contribution in [1.29, 1.82) is 0 Å². The van der Waals surface area contributed by atoms with Gasteiger partial charge < -0.3 is 5.11 Å². The van der Waals surface area contributed by atoms with Gasteiger partial charge in [-0.05, 0) is 45.1 Å². The standard InChI is InChI=1S/C16H22O2/c1-4-5-7-12-10-16(3)13(11(2)15(12)18)8-6-9-14(16)17/h4-5,7,14,17H,6,8-10H2,1-3H3/b5-4+,12-7+/t14-,16-/m0/s1. The lowest BCUT2D eigenvalue weighted by Gasteiger charge is -2.45. The zero-order valence-electron chi connectivity index (χ0n) is 11.5. The van der Waals surface area contributed by atoms with E-state index in [0.717, 1.165) is 30.4 Å². The maximum Gasteiger partial charge on any atom is 0.184 e. The third-order valence-electron chi connectivity index (χ3n) is 4.46. The predicted octanol–water partition coefficient (Wildman–Crippen LogP) is 3.33. The molecule has 0 heterocycles. The summed E-state index contributed by atoms with van der Waals surface area (Å²) in [6.45, 7) is 5.96. The largest absolute Gasteiger partial charge is 0.392 e. The first-order valence-corrected chi connectivity index (χ1v) is 6.75. The average molecular weight is 246 g/mol. The summed E-state index contributed by atoms with van der Waals surface area (Å²) in [6.07, 6.45) is 8.88. The molecule has 2 aliphatic carbocycles. The van der Waals surface area contributed by atoms with E-state index in [2.05, 4.69) is 6.92 Å². The van der Waals surface area contributed by atoms with Crippen LogP contribution in [0.15, 0.2) is 34.9 Å². The van der Waals surface area contributed by atoms with Gasteiger partial charge in [0.1, 0.15) is 0 Å². The minimum Gasteiger partial charge on any atom is -0.392 e. The molecule has 2 rings (SSSR count). The second-order valence-electron chi connectivity index (χ2n) is 5.65. The number of hydrogen-bond acceptors (Lipinski definition) is 2. The van der Waals surface area contributed by atoms with E-state index in [4.69, 9.17) is 0 Å². The van der Waals surface area contributed by atoms with Gasteiger partial charge in [-0.25, -0.2) is 0 Å². The Morgan fingerprint density at radius 1 is 1.44 bits per heavy atom. The fraction of sp³-hybridized carbons (Fsp3) is 0.562. The molecule has 0 unspecified atom stereocenters. The van der Waals surface area contributed by atoms with Crippen molar-refractivity contribution in [2.75, 3.05) is 0 Å². The lowest BCUT2D eigenvalue weighted by Crippen LogP contribution is -2.42. The number of aliphatic hydroxyl groups excluding tert-OH is 1. The Kier molecular flexibility index (Phi) is 3.58. The van der Waals surface area contributed by atoms with Crippen LogP contribution in [-0.4, -0.2) is 17.0 Å². The first kappa shape index (κ1) is 13.3. The van der Waals surface area contributed by atoms with Gasteiger partial charge in [-0.1, -0.05) is 30.7 Å².